The van der Waals surface area contributed by atoms with Gasteiger partial charge in [0.25, 0.3) is 11.8 Å². The second-order valence-electron chi connectivity index (χ2n) is 8.31. The largest absolute Gasteiger partial charge is 0.496 e. The van der Waals surface area contributed by atoms with E-state index >= 15 is 4.39 Å². The maximum absolute atomic E-state index is 15.4. The molecule has 38 heavy (non-hydrogen) atoms. The van der Waals surface area contributed by atoms with E-state index in [1.165, 1.54) is 25.4 Å². The predicted octanol–water partition coefficient (Wildman–Crippen LogP) is 4.05. The molecule has 0 radical (unpaired) electrons. The van der Waals surface area contributed by atoms with Gasteiger partial charge in [0.15, 0.2) is 0 Å². The lowest BCUT2D eigenvalue weighted by Gasteiger charge is -2.17. The standard InChI is InChI=1S/C24H21F5N6O3/c1-10(24(27,28)29)35-21(30)18(22(31)36)20(34-35)13-8-16(26)15(19-12(13)5-6-32-19)9-33-23(37)14-7-11(25)3-4-17(14)38-2/h3-8,10,32H,9,30H2,1-2H3,(H2,31,36)(H,33,37)/t10-/m0/s1. The highest BCUT2D eigenvalue weighted by molar-refractivity contribution is 6.07. The number of methoxy groups -OCH3 is 1. The third kappa shape index (κ3) is 4.60. The zero-order valence-corrected chi connectivity index (χ0v) is 19.9. The molecule has 2 aromatic heterocycles. The van der Waals surface area contributed by atoms with Gasteiger partial charge in [0.1, 0.15) is 40.5 Å². The highest BCUT2D eigenvalue weighted by Crippen LogP contribution is 2.39. The summed E-state index contributed by atoms with van der Waals surface area (Å²) < 4.78 is 74.6. The summed E-state index contributed by atoms with van der Waals surface area (Å²) in [4.78, 5) is 27.6. The first-order valence-corrected chi connectivity index (χ1v) is 11.0. The molecule has 0 aliphatic carbocycles. The minimum absolute atomic E-state index is 0.0193. The Kier molecular flexibility index (Phi) is 6.74. The second-order valence-corrected chi connectivity index (χ2v) is 8.31. The highest BCUT2D eigenvalue weighted by atomic mass is 19.4. The number of carbonyl (C=O) groups excluding carboxylic acids is 2. The van der Waals surface area contributed by atoms with Crippen molar-refractivity contribution in [3.63, 3.8) is 0 Å². The molecule has 0 fully saturated rings. The molecular formula is C24H21F5N6O3. The van der Waals surface area contributed by atoms with Gasteiger partial charge in [-0.05, 0) is 37.3 Å². The molecule has 2 heterocycles. The van der Waals surface area contributed by atoms with E-state index in [0.717, 1.165) is 25.1 Å². The smallest absolute Gasteiger partial charge is 0.410 e. The van der Waals surface area contributed by atoms with E-state index in [0.29, 0.717) is 4.68 Å². The van der Waals surface area contributed by atoms with Crippen LogP contribution in [-0.4, -0.2) is 39.9 Å². The molecule has 200 valence electrons. The molecule has 1 atom stereocenters. The van der Waals surface area contributed by atoms with Crippen molar-refractivity contribution < 1.29 is 36.3 Å². The fourth-order valence-corrected chi connectivity index (χ4v) is 4.06. The number of nitrogen functional groups attached to an aromatic ring is 1. The molecule has 14 heteroatoms. The van der Waals surface area contributed by atoms with E-state index in [2.05, 4.69) is 15.4 Å². The molecule has 0 aliphatic heterocycles. The quantitative estimate of drug-likeness (QED) is 0.264. The number of fused-ring (bicyclic) bond motifs is 1. The van der Waals surface area contributed by atoms with Crippen molar-refractivity contribution in [2.24, 2.45) is 5.73 Å². The first-order valence-electron chi connectivity index (χ1n) is 11.0. The van der Waals surface area contributed by atoms with E-state index in [1.54, 1.807) is 0 Å². The van der Waals surface area contributed by atoms with Gasteiger partial charge in [-0.2, -0.15) is 18.3 Å². The van der Waals surface area contributed by atoms with Crippen LogP contribution in [0.5, 0.6) is 5.75 Å². The maximum atomic E-state index is 15.4. The average Bonchev–Trinajstić information content (AvgIpc) is 3.46. The molecule has 9 nitrogen and oxygen atoms in total. The third-order valence-corrected chi connectivity index (χ3v) is 6.02. The molecule has 0 aliphatic rings. The van der Waals surface area contributed by atoms with Gasteiger partial charge in [-0.15, -0.1) is 0 Å². The number of nitrogens with one attached hydrogen (secondary N) is 2. The summed E-state index contributed by atoms with van der Waals surface area (Å²) in [7, 11) is 1.30. The Morgan fingerprint density at radius 3 is 2.55 bits per heavy atom. The van der Waals surface area contributed by atoms with Crippen LogP contribution in [0.25, 0.3) is 22.2 Å². The summed E-state index contributed by atoms with van der Waals surface area (Å²) in [6.07, 6.45) is -3.31. The number of halogens is 5. The third-order valence-electron chi connectivity index (χ3n) is 6.02. The van der Waals surface area contributed by atoms with Crippen LogP contribution >= 0.6 is 0 Å². The Bertz CT molecular complexity index is 1560. The van der Waals surface area contributed by atoms with E-state index < -0.39 is 47.0 Å². The lowest BCUT2D eigenvalue weighted by atomic mass is 9.99. The van der Waals surface area contributed by atoms with Crippen LogP contribution in [0, 0.1) is 11.6 Å². The number of nitrogens with zero attached hydrogens (tertiary/aromatic N) is 2. The summed E-state index contributed by atoms with van der Waals surface area (Å²) in [5.41, 5.74) is 10.4. The summed E-state index contributed by atoms with van der Waals surface area (Å²) in [5, 5.41) is 6.64. The molecule has 0 unspecified atom stereocenters. The number of ether oxygens (including phenoxy) is 1. The zero-order valence-electron chi connectivity index (χ0n) is 19.9. The van der Waals surface area contributed by atoms with Crippen molar-refractivity contribution in [1.82, 2.24) is 20.1 Å². The minimum Gasteiger partial charge on any atom is -0.496 e. The number of amides is 2. The number of alkyl halides is 3. The van der Waals surface area contributed by atoms with Crippen molar-refractivity contribution in [2.45, 2.75) is 25.7 Å². The number of H-pyrrole nitrogens is 1. The van der Waals surface area contributed by atoms with Crippen molar-refractivity contribution in [3.05, 3.63) is 64.9 Å². The van der Waals surface area contributed by atoms with Crippen LogP contribution in [-0.2, 0) is 6.54 Å². The lowest BCUT2D eigenvalue weighted by molar-refractivity contribution is -0.164. The van der Waals surface area contributed by atoms with Gasteiger partial charge in [0, 0.05) is 29.3 Å². The van der Waals surface area contributed by atoms with Crippen LogP contribution in [0.4, 0.5) is 27.8 Å². The van der Waals surface area contributed by atoms with Gasteiger partial charge >= 0.3 is 6.18 Å². The number of hydrogen-bond donors (Lipinski definition) is 4. The number of carbonyl (C=O) groups is 2. The maximum Gasteiger partial charge on any atom is 0.410 e. The Hall–Kier alpha value is -4.62. The summed E-state index contributed by atoms with van der Waals surface area (Å²) >= 11 is 0. The van der Waals surface area contributed by atoms with Crippen LogP contribution < -0.4 is 21.5 Å². The van der Waals surface area contributed by atoms with Crippen molar-refractivity contribution in [3.8, 4) is 17.0 Å². The number of anilines is 1. The summed E-state index contributed by atoms with van der Waals surface area (Å²) in [5.74, 6) is -3.97. The van der Waals surface area contributed by atoms with Gasteiger partial charge in [-0.25, -0.2) is 13.5 Å². The van der Waals surface area contributed by atoms with Gasteiger partial charge in [-0.1, -0.05) is 0 Å². The zero-order chi connectivity index (χ0) is 27.9. The molecule has 0 spiro atoms. The molecule has 0 saturated heterocycles. The highest BCUT2D eigenvalue weighted by Gasteiger charge is 2.40. The van der Waals surface area contributed by atoms with Crippen LogP contribution in [0.3, 0.4) is 0 Å². The lowest BCUT2D eigenvalue weighted by Crippen LogP contribution is -2.26. The Balaban J connectivity index is 1.77. The SMILES string of the molecule is COc1ccc(F)cc1C(=O)NCc1c(F)cc(-c2nn([C@@H](C)C(F)(F)F)c(N)c2C(N)=O)c2cc[nH]c12. The van der Waals surface area contributed by atoms with E-state index in [1.807, 2.05) is 0 Å². The van der Waals surface area contributed by atoms with Crippen LogP contribution in [0.2, 0.25) is 0 Å². The number of rotatable bonds is 7. The van der Waals surface area contributed by atoms with Gasteiger partial charge < -0.3 is 26.5 Å². The number of hydrogen-bond acceptors (Lipinski definition) is 5. The fraction of sp³-hybridized carbons (Fsp3) is 0.208. The number of benzene rings is 2. The van der Waals surface area contributed by atoms with Crippen molar-refractivity contribution in [2.75, 3.05) is 12.8 Å². The normalized spacial score (nSPS) is 12.5. The first kappa shape index (κ1) is 26.4. The van der Waals surface area contributed by atoms with Crippen LogP contribution in [0.15, 0.2) is 36.5 Å². The van der Waals surface area contributed by atoms with Crippen molar-refractivity contribution >= 4 is 28.5 Å². The molecule has 0 bridgehead atoms. The molecular weight excluding hydrogens is 515 g/mol. The number of primary amides is 1. The van der Waals surface area contributed by atoms with Crippen LogP contribution in [0.1, 0.15) is 39.2 Å². The van der Waals surface area contributed by atoms with Gasteiger partial charge in [-0.3, -0.25) is 9.59 Å². The molecule has 4 rings (SSSR count). The topological polar surface area (TPSA) is 141 Å². The molecule has 0 saturated carbocycles. The molecule has 2 amide bonds. The monoisotopic (exact) mass is 536 g/mol. The molecule has 2 aromatic carbocycles. The number of aromatic nitrogens is 3. The summed E-state index contributed by atoms with van der Waals surface area (Å²) in [6.45, 7) is 0.440. The van der Waals surface area contributed by atoms with E-state index in [-0.39, 0.29) is 45.6 Å². The summed E-state index contributed by atoms with van der Waals surface area (Å²) in [6, 6.07) is 3.58. The average molecular weight is 536 g/mol. The van der Waals surface area contributed by atoms with Gasteiger partial charge in [0.05, 0.1) is 18.2 Å². The minimum atomic E-state index is -4.74. The predicted molar refractivity (Wildman–Crippen MR) is 127 cm³/mol. The second kappa shape index (κ2) is 9.68. The Morgan fingerprint density at radius 1 is 1.21 bits per heavy atom. The Morgan fingerprint density at radius 2 is 1.92 bits per heavy atom. The number of nitrogens with two attached hydrogens (primary N) is 2. The van der Waals surface area contributed by atoms with E-state index in [9.17, 15) is 27.2 Å². The first-order chi connectivity index (χ1) is 17.8. The molecule has 6 N–H and O–H groups in total. The number of aromatic amines is 1. The van der Waals surface area contributed by atoms with Crippen molar-refractivity contribution in [1.29, 1.82) is 0 Å². The van der Waals surface area contributed by atoms with E-state index in [4.69, 9.17) is 16.2 Å². The fourth-order valence-electron chi connectivity index (χ4n) is 4.06. The van der Waals surface area contributed by atoms with Gasteiger partial charge in [0.2, 0.25) is 0 Å². The Labute approximate surface area is 211 Å². The molecule has 4 aromatic rings.